The van der Waals surface area contributed by atoms with Gasteiger partial charge in [0.2, 0.25) is 0 Å². The van der Waals surface area contributed by atoms with Gasteiger partial charge in [-0.05, 0) is 73.9 Å². The smallest absolute Gasteiger partial charge is 0.335 e. The average Bonchev–Trinajstić information content (AvgIpc) is 2.75. The highest BCUT2D eigenvalue weighted by Crippen LogP contribution is 2.31. The van der Waals surface area contributed by atoms with Gasteiger partial charge in [-0.15, -0.1) is 0 Å². The first-order valence-electron chi connectivity index (χ1n) is 10.2. The molecular weight excluding hydrogens is 447 g/mol. The Balaban J connectivity index is 1.89. The molecule has 174 valence electrons. The van der Waals surface area contributed by atoms with Crippen molar-refractivity contribution >= 4 is 21.7 Å². The van der Waals surface area contributed by atoms with Gasteiger partial charge in [0.25, 0.3) is 10.0 Å². The summed E-state index contributed by atoms with van der Waals surface area (Å²) in [5, 5.41) is 9.02. The molecule has 0 fully saturated rings. The molecule has 0 aliphatic heterocycles. The molecule has 0 aliphatic rings. The molecule has 2 N–H and O–H groups in total. The molecule has 0 unspecified atom stereocenters. The van der Waals surface area contributed by atoms with Crippen LogP contribution in [0, 0.1) is 13.8 Å². The lowest BCUT2D eigenvalue weighted by Gasteiger charge is -2.17. The van der Waals surface area contributed by atoms with E-state index in [1.54, 1.807) is 24.3 Å². The lowest BCUT2D eigenvalue weighted by atomic mass is 10.1. The van der Waals surface area contributed by atoms with E-state index in [0.717, 1.165) is 16.7 Å². The third kappa shape index (κ3) is 6.07. The molecule has 1 aromatic heterocycles. The molecule has 0 aliphatic carbocycles. The number of carboxylic acids is 1. The second kappa shape index (κ2) is 9.99. The number of hydrogen-bond acceptors (Lipinski definition) is 5. The standard InChI is InChI=1S/C24H25FN2O5S/c1-15-11-20(27-33(30,31)23-5-4-10-26-21(23)13-17(3)25)22(12-16(15)2)32-14-18-6-8-19(9-7-18)24(28)29/h4-12,17,27H,13-14H2,1-3H3,(H,28,29)/t17-/m1/s1. The Morgan fingerprint density at radius 3 is 2.45 bits per heavy atom. The first kappa shape index (κ1) is 24.2. The number of ether oxygens (including phenoxy) is 1. The van der Waals surface area contributed by atoms with E-state index in [2.05, 4.69) is 9.71 Å². The topological polar surface area (TPSA) is 106 Å². The van der Waals surface area contributed by atoms with Crippen LogP contribution >= 0.6 is 0 Å². The van der Waals surface area contributed by atoms with Crippen molar-refractivity contribution in [3.05, 3.63) is 82.7 Å². The zero-order valence-corrected chi connectivity index (χ0v) is 19.3. The Hall–Kier alpha value is -3.46. The van der Waals surface area contributed by atoms with E-state index in [4.69, 9.17) is 9.84 Å². The minimum absolute atomic E-state index is 0.0945. The summed E-state index contributed by atoms with van der Waals surface area (Å²) in [6.07, 6.45) is 0.0540. The van der Waals surface area contributed by atoms with Crippen molar-refractivity contribution in [1.29, 1.82) is 0 Å². The number of nitrogens with one attached hydrogen (secondary N) is 1. The van der Waals surface area contributed by atoms with Crippen LogP contribution in [0.2, 0.25) is 0 Å². The summed E-state index contributed by atoms with van der Waals surface area (Å²) in [6, 6.07) is 12.5. The van der Waals surface area contributed by atoms with E-state index in [1.165, 1.54) is 37.4 Å². The maximum atomic E-state index is 13.6. The SMILES string of the molecule is Cc1cc(NS(=O)(=O)c2cccnc2C[C@@H](C)F)c(OCc2ccc(C(=O)O)cc2)cc1C. The average molecular weight is 473 g/mol. The van der Waals surface area contributed by atoms with Crippen molar-refractivity contribution in [2.45, 2.75) is 44.9 Å². The minimum Gasteiger partial charge on any atom is -0.487 e. The van der Waals surface area contributed by atoms with Crippen LogP contribution in [0.3, 0.4) is 0 Å². The lowest BCUT2D eigenvalue weighted by Crippen LogP contribution is -2.18. The summed E-state index contributed by atoms with van der Waals surface area (Å²) in [6.45, 7) is 5.18. The highest BCUT2D eigenvalue weighted by Gasteiger charge is 2.22. The van der Waals surface area contributed by atoms with Crippen molar-refractivity contribution in [2.24, 2.45) is 0 Å². The zero-order valence-electron chi connectivity index (χ0n) is 18.5. The van der Waals surface area contributed by atoms with Gasteiger partial charge < -0.3 is 9.84 Å². The van der Waals surface area contributed by atoms with Gasteiger partial charge in [-0.2, -0.15) is 0 Å². The van der Waals surface area contributed by atoms with Gasteiger partial charge in [0.05, 0.1) is 16.9 Å². The van der Waals surface area contributed by atoms with Crippen LogP contribution < -0.4 is 9.46 Å². The van der Waals surface area contributed by atoms with Crippen LogP contribution in [0.4, 0.5) is 10.1 Å². The molecule has 0 spiro atoms. The number of alkyl halides is 1. The zero-order chi connectivity index (χ0) is 24.2. The Morgan fingerprint density at radius 1 is 1.15 bits per heavy atom. The molecule has 0 bridgehead atoms. The number of aromatic carboxylic acids is 1. The Kier molecular flexibility index (Phi) is 7.33. The number of anilines is 1. The fourth-order valence-electron chi connectivity index (χ4n) is 3.18. The summed E-state index contributed by atoms with van der Waals surface area (Å²) in [7, 11) is -4.06. The number of carbonyl (C=O) groups is 1. The quantitative estimate of drug-likeness (QED) is 0.469. The van der Waals surface area contributed by atoms with Crippen molar-refractivity contribution in [1.82, 2.24) is 4.98 Å². The fourth-order valence-corrected chi connectivity index (χ4v) is 4.44. The van der Waals surface area contributed by atoms with Crippen LogP contribution in [-0.4, -0.2) is 30.6 Å². The van der Waals surface area contributed by atoms with Gasteiger partial charge in [0.1, 0.15) is 23.4 Å². The number of carboxylic acid groups (broad SMARTS) is 1. The molecule has 0 amide bonds. The maximum absolute atomic E-state index is 13.6. The molecule has 1 heterocycles. The summed E-state index contributed by atoms with van der Waals surface area (Å²) in [5.41, 5.74) is 3.03. The highest BCUT2D eigenvalue weighted by molar-refractivity contribution is 7.92. The van der Waals surface area contributed by atoms with Crippen LogP contribution in [-0.2, 0) is 23.1 Å². The summed E-state index contributed by atoms with van der Waals surface area (Å²) in [5.74, 6) is -0.710. The van der Waals surface area contributed by atoms with Gasteiger partial charge >= 0.3 is 5.97 Å². The van der Waals surface area contributed by atoms with Crippen molar-refractivity contribution in [2.75, 3.05) is 4.72 Å². The number of pyridine rings is 1. The summed E-state index contributed by atoms with van der Waals surface area (Å²) in [4.78, 5) is 15.0. The largest absolute Gasteiger partial charge is 0.487 e. The van der Waals surface area contributed by atoms with Gasteiger partial charge in [-0.3, -0.25) is 9.71 Å². The first-order valence-corrected chi connectivity index (χ1v) is 11.7. The predicted molar refractivity (Wildman–Crippen MR) is 123 cm³/mol. The lowest BCUT2D eigenvalue weighted by molar-refractivity contribution is 0.0696. The van der Waals surface area contributed by atoms with E-state index < -0.39 is 22.2 Å². The number of nitrogens with zero attached hydrogens (tertiary/aromatic N) is 1. The number of aromatic nitrogens is 1. The molecule has 3 aromatic rings. The maximum Gasteiger partial charge on any atom is 0.335 e. The Bertz CT molecular complexity index is 1260. The second-order valence-electron chi connectivity index (χ2n) is 7.76. The molecule has 1 atom stereocenters. The normalized spacial score (nSPS) is 12.2. The van der Waals surface area contributed by atoms with Gasteiger partial charge in [0.15, 0.2) is 0 Å². The van der Waals surface area contributed by atoms with Crippen molar-refractivity contribution in [3.63, 3.8) is 0 Å². The number of benzene rings is 2. The molecule has 33 heavy (non-hydrogen) atoms. The van der Waals surface area contributed by atoms with Crippen LogP contribution in [0.15, 0.2) is 59.6 Å². The van der Waals surface area contributed by atoms with Crippen molar-refractivity contribution in [3.8, 4) is 5.75 Å². The van der Waals surface area contributed by atoms with Gasteiger partial charge in [-0.25, -0.2) is 17.6 Å². The Labute approximate surface area is 192 Å². The molecule has 2 aromatic carbocycles. The van der Waals surface area contributed by atoms with Gasteiger partial charge in [-0.1, -0.05) is 12.1 Å². The molecule has 7 nitrogen and oxygen atoms in total. The third-order valence-corrected chi connectivity index (χ3v) is 6.49. The third-order valence-electron chi connectivity index (χ3n) is 5.05. The fraction of sp³-hybridized carbons (Fsp3) is 0.250. The van der Waals surface area contributed by atoms with E-state index in [-0.39, 0.29) is 34.9 Å². The van der Waals surface area contributed by atoms with E-state index in [1.807, 2.05) is 13.8 Å². The number of halogens is 1. The number of aryl methyl sites for hydroxylation is 2. The van der Waals surface area contributed by atoms with Crippen LogP contribution in [0.5, 0.6) is 5.75 Å². The molecule has 0 radical (unpaired) electrons. The molecule has 3 rings (SSSR count). The molecule has 0 saturated carbocycles. The minimum atomic E-state index is -4.06. The highest BCUT2D eigenvalue weighted by atomic mass is 32.2. The first-order chi connectivity index (χ1) is 15.6. The van der Waals surface area contributed by atoms with Crippen LogP contribution in [0.1, 0.15) is 39.7 Å². The molecule has 9 heteroatoms. The monoisotopic (exact) mass is 472 g/mol. The molecule has 0 saturated heterocycles. The van der Waals surface area contributed by atoms with E-state index in [0.29, 0.717) is 5.75 Å². The summed E-state index contributed by atoms with van der Waals surface area (Å²) >= 11 is 0. The number of rotatable bonds is 9. The predicted octanol–water partition coefficient (Wildman–Crippen LogP) is 4.68. The van der Waals surface area contributed by atoms with E-state index in [9.17, 15) is 17.6 Å². The Morgan fingerprint density at radius 2 is 1.82 bits per heavy atom. The number of sulfonamides is 1. The second-order valence-corrected chi connectivity index (χ2v) is 9.41. The summed E-state index contributed by atoms with van der Waals surface area (Å²) < 4.78 is 48.3. The van der Waals surface area contributed by atoms with Crippen LogP contribution in [0.25, 0.3) is 0 Å². The number of hydrogen-bond donors (Lipinski definition) is 2. The van der Waals surface area contributed by atoms with Gasteiger partial charge in [0, 0.05) is 12.6 Å². The van der Waals surface area contributed by atoms with E-state index >= 15 is 0 Å². The van der Waals surface area contributed by atoms with Crippen molar-refractivity contribution < 1.29 is 27.4 Å². The molecular formula is C24H25FN2O5S.